The highest BCUT2D eigenvalue weighted by molar-refractivity contribution is 14.1. The Hall–Kier alpha value is -0.100. The van der Waals surface area contributed by atoms with Gasteiger partial charge in [0, 0.05) is 19.1 Å². The predicted octanol–water partition coefficient (Wildman–Crippen LogP) is 5.21. The van der Waals surface area contributed by atoms with Crippen LogP contribution < -0.4 is 5.32 Å². The van der Waals surface area contributed by atoms with Crippen molar-refractivity contribution in [1.29, 1.82) is 0 Å². The highest BCUT2D eigenvalue weighted by atomic mass is 127. The molecule has 4 heteroatoms. The summed E-state index contributed by atoms with van der Waals surface area (Å²) in [7, 11) is 1.99. The Kier molecular flexibility index (Phi) is 5.69. The molecule has 2 aromatic rings. The van der Waals surface area contributed by atoms with Crippen LogP contribution in [0.2, 0.25) is 5.02 Å². The first-order chi connectivity index (χ1) is 9.10. The van der Waals surface area contributed by atoms with Gasteiger partial charge in [-0.05, 0) is 77.5 Å². The molecule has 1 nitrogen and oxygen atoms in total. The van der Waals surface area contributed by atoms with Gasteiger partial charge in [-0.15, -0.1) is 0 Å². The summed E-state index contributed by atoms with van der Waals surface area (Å²) in [5, 5.41) is 4.17. The molecule has 1 atom stereocenters. The number of halogens is 3. The fourth-order valence-electron chi connectivity index (χ4n) is 2.05. The third-order valence-electron chi connectivity index (χ3n) is 3.01. The van der Waals surface area contributed by atoms with Crippen LogP contribution in [-0.4, -0.2) is 7.05 Å². The van der Waals surface area contributed by atoms with Crippen LogP contribution in [0.15, 0.2) is 46.9 Å². The Morgan fingerprint density at radius 1 is 1.26 bits per heavy atom. The second-order valence-electron chi connectivity index (χ2n) is 4.34. The summed E-state index contributed by atoms with van der Waals surface area (Å²) >= 11 is 12.0. The minimum atomic E-state index is 0.280. The third kappa shape index (κ3) is 4.18. The summed E-state index contributed by atoms with van der Waals surface area (Å²) in [5.74, 6) is 0. The molecule has 0 bridgehead atoms. The van der Waals surface area contributed by atoms with Crippen LogP contribution in [0.3, 0.4) is 0 Å². The summed E-state index contributed by atoms with van der Waals surface area (Å²) in [6.07, 6.45) is 0.920. The van der Waals surface area contributed by atoms with Crippen molar-refractivity contribution in [2.75, 3.05) is 7.05 Å². The summed E-state index contributed by atoms with van der Waals surface area (Å²) in [5.41, 5.74) is 2.54. The molecule has 0 fully saturated rings. The smallest absolute Gasteiger partial charge is 0.0408 e. The molecule has 2 aromatic carbocycles. The fraction of sp³-hybridized carbons (Fsp3) is 0.200. The number of rotatable bonds is 4. The molecule has 1 N–H and O–H groups in total. The van der Waals surface area contributed by atoms with E-state index in [2.05, 4.69) is 68.1 Å². The SMILES string of the molecule is CNC(Cc1cccc(Cl)c1)c1cc(Br)ccc1I. The Bertz CT molecular complexity index is 574. The van der Waals surface area contributed by atoms with Crippen molar-refractivity contribution >= 4 is 50.1 Å². The molecule has 0 saturated carbocycles. The largest absolute Gasteiger partial charge is 0.313 e. The fourth-order valence-corrected chi connectivity index (χ4v) is 3.35. The van der Waals surface area contributed by atoms with Crippen molar-refractivity contribution in [3.8, 4) is 0 Å². The number of hydrogen-bond donors (Lipinski definition) is 1. The Labute approximate surface area is 141 Å². The molecule has 0 saturated heterocycles. The summed E-state index contributed by atoms with van der Waals surface area (Å²) < 4.78 is 2.37. The topological polar surface area (TPSA) is 12.0 Å². The average Bonchev–Trinajstić information content (AvgIpc) is 2.39. The standard InChI is InChI=1S/C15H14BrClIN/c1-19-15(8-10-3-2-4-12(17)7-10)13-9-11(16)5-6-14(13)18/h2-7,9,15,19H,8H2,1H3. The number of likely N-dealkylation sites (N-methyl/N-ethyl adjacent to an activating group) is 1. The van der Waals surface area contributed by atoms with Crippen LogP contribution in [-0.2, 0) is 6.42 Å². The van der Waals surface area contributed by atoms with Crippen LogP contribution in [0, 0.1) is 3.57 Å². The zero-order valence-electron chi connectivity index (χ0n) is 10.5. The van der Waals surface area contributed by atoms with E-state index >= 15 is 0 Å². The zero-order chi connectivity index (χ0) is 13.8. The van der Waals surface area contributed by atoms with Gasteiger partial charge in [0.05, 0.1) is 0 Å². The van der Waals surface area contributed by atoms with Gasteiger partial charge in [-0.25, -0.2) is 0 Å². The molecule has 0 heterocycles. The Balaban J connectivity index is 2.27. The van der Waals surface area contributed by atoms with Crippen LogP contribution >= 0.6 is 50.1 Å². The lowest BCUT2D eigenvalue weighted by molar-refractivity contribution is 0.589. The van der Waals surface area contributed by atoms with E-state index in [-0.39, 0.29) is 6.04 Å². The molecule has 0 aliphatic carbocycles. The van der Waals surface area contributed by atoms with E-state index in [0.29, 0.717) is 0 Å². The van der Waals surface area contributed by atoms with E-state index in [9.17, 15) is 0 Å². The van der Waals surface area contributed by atoms with Gasteiger partial charge >= 0.3 is 0 Å². The highest BCUT2D eigenvalue weighted by Gasteiger charge is 2.14. The van der Waals surface area contributed by atoms with Crippen molar-refractivity contribution in [1.82, 2.24) is 5.32 Å². The van der Waals surface area contributed by atoms with Gasteiger partial charge in [0.2, 0.25) is 0 Å². The van der Waals surface area contributed by atoms with Crippen LogP contribution in [0.5, 0.6) is 0 Å². The van der Waals surface area contributed by atoms with Gasteiger partial charge in [0.1, 0.15) is 0 Å². The normalized spacial score (nSPS) is 12.4. The van der Waals surface area contributed by atoms with Gasteiger partial charge in [-0.2, -0.15) is 0 Å². The van der Waals surface area contributed by atoms with Crippen LogP contribution in [0.1, 0.15) is 17.2 Å². The molecule has 100 valence electrons. The molecule has 2 rings (SSSR count). The molecular formula is C15H14BrClIN. The summed E-state index contributed by atoms with van der Waals surface area (Å²) in [6.45, 7) is 0. The molecule has 0 spiro atoms. The van der Waals surface area contributed by atoms with Gasteiger partial charge in [0.15, 0.2) is 0 Å². The average molecular weight is 451 g/mol. The van der Waals surface area contributed by atoms with Crippen molar-refractivity contribution in [3.63, 3.8) is 0 Å². The zero-order valence-corrected chi connectivity index (χ0v) is 15.0. The summed E-state index contributed by atoms with van der Waals surface area (Å²) in [4.78, 5) is 0. The highest BCUT2D eigenvalue weighted by Crippen LogP contribution is 2.27. The first-order valence-electron chi connectivity index (χ1n) is 5.97. The molecule has 1 unspecified atom stereocenters. The third-order valence-corrected chi connectivity index (χ3v) is 4.72. The van der Waals surface area contributed by atoms with Crippen LogP contribution in [0.4, 0.5) is 0 Å². The minimum Gasteiger partial charge on any atom is -0.313 e. The maximum Gasteiger partial charge on any atom is 0.0408 e. The monoisotopic (exact) mass is 449 g/mol. The van der Waals surface area contributed by atoms with E-state index in [1.54, 1.807) is 0 Å². The van der Waals surface area contributed by atoms with E-state index in [1.165, 1.54) is 14.7 Å². The van der Waals surface area contributed by atoms with Crippen molar-refractivity contribution in [2.24, 2.45) is 0 Å². The molecule has 0 aliphatic heterocycles. The van der Waals surface area contributed by atoms with Crippen molar-refractivity contribution in [3.05, 3.63) is 66.7 Å². The van der Waals surface area contributed by atoms with E-state index in [0.717, 1.165) is 15.9 Å². The van der Waals surface area contributed by atoms with E-state index < -0.39 is 0 Å². The summed E-state index contributed by atoms with van der Waals surface area (Å²) in [6, 6.07) is 14.7. The first kappa shape index (κ1) is 15.3. The second-order valence-corrected chi connectivity index (χ2v) is 6.86. The van der Waals surface area contributed by atoms with Crippen molar-refractivity contribution in [2.45, 2.75) is 12.5 Å². The number of benzene rings is 2. The lowest BCUT2D eigenvalue weighted by atomic mass is 9.99. The molecule has 0 aromatic heterocycles. The van der Waals surface area contributed by atoms with E-state index in [4.69, 9.17) is 11.6 Å². The second kappa shape index (κ2) is 7.07. The number of nitrogens with one attached hydrogen (secondary N) is 1. The predicted molar refractivity (Wildman–Crippen MR) is 93.8 cm³/mol. The van der Waals surface area contributed by atoms with Gasteiger partial charge in [-0.1, -0.05) is 39.7 Å². The first-order valence-corrected chi connectivity index (χ1v) is 8.22. The lowest BCUT2D eigenvalue weighted by Crippen LogP contribution is -2.20. The minimum absolute atomic E-state index is 0.280. The van der Waals surface area contributed by atoms with E-state index in [1.807, 2.05) is 25.2 Å². The lowest BCUT2D eigenvalue weighted by Gasteiger charge is -2.19. The quantitative estimate of drug-likeness (QED) is 0.631. The Morgan fingerprint density at radius 3 is 2.74 bits per heavy atom. The molecule has 0 aliphatic rings. The van der Waals surface area contributed by atoms with Gasteiger partial charge in [0.25, 0.3) is 0 Å². The van der Waals surface area contributed by atoms with Crippen LogP contribution in [0.25, 0.3) is 0 Å². The molecular weight excluding hydrogens is 436 g/mol. The molecule has 0 amide bonds. The van der Waals surface area contributed by atoms with Gasteiger partial charge < -0.3 is 5.32 Å². The Morgan fingerprint density at radius 2 is 2.05 bits per heavy atom. The molecule has 19 heavy (non-hydrogen) atoms. The van der Waals surface area contributed by atoms with Gasteiger partial charge in [-0.3, -0.25) is 0 Å². The maximum atomic E-state index is 6.04. The van der Waals surface area contributed by atoms with Crippen molar-refractivity contribution < 1.29 is 0 Å². The maximum absolute atomic E-state index is 6.04. The molecule has 0 radical (unpaired) electrons. The number of hydrogen-bond acceptors (Lipinski definition) is 1.